The largest absolute Gasteiger partial charge is 0.358 e. The summed E-state index contributed by atoms with van der Waals surface area (Å²) in [5.41, 5.74) is -0.334. The van der Waals surface area contributed by atoms with Crippen molar-refractivity contribution in [1.82, 2.24) is 15.5 Å². The average Bonchev–Trinajstić information content (AvgIpc) is 2.57. The van der Waals surface area contributed by atoms with Gasteiger partial charge in [0.25, 0.3) is 0 Å². The number of carbonyl (C=O) groups excluding carboxylic acids is 1. The summed E-state index contributed by atoms with van der Waals surface area (Å²) in [6.07, 6.45) is 0. The first kappa shape index (κ1) is 12.9. The molecule has 16 heavy (non-hydrogen) atoms. The Morgan fingerprint density at radius 3 is 2.50 bits per heavy atom. The Morgan fingerprint density at radius 1 is 1.31 bits per heavy atom. The van der Waals surface area contributed by atoms with Gasteiger partial charge in [0, 0.05) is 18.5 Å². The summed E-state index contributed by atoms with van der Waals surface area (Å²) in [6.45, 7) is 8.84. The van der Waals surface area contributed by atoms with Crippen LogP contribution in [0.15, 0.2) is 0 Å². The van der Waals surface area contributed by atoms with E-state index >= 15 is 0 Å². The molecule has 1 rings (SSSR count). The van der Waals surface area contributed by atoms with Gasteiger partial charge in [0.1, 0.15) is 5.01 Å². The molecule has 0 saturated heterocycles. The first-order chi connectivity index (χ1) is 7.39. The minimum atomic E-state index is -0.334. The van der Waals surface area contributed by atoms with Crippen molar-refractivity contribution in [2.45, 2.75) is 27.7 Å². The van der Waals surface area contributed by atoms with E-state index in [-0.39, 0.29) is 11.3 Å². The predicted molar refractivity (Wildman–Crippen MR) is 65.6 cm³/mol. The topological polar surface area (TPSA) is 66.9 Å². The van der Waals surface area contributed by atoms with Crippen LogP contribution in [-0.2, 0) is 4.79 Å². The van der Waals surface area contributed by atoms with Crippen molar-refractivity contribution in [1.29, 1.82) is 0 Å². The molecule has 1 heterocycles. The van der Waals surface area contributed by atoms with Crippen LogP contribution in [0.4, 0.5) is 5.13 Å². The zero-order valence-corrected chi connectivity index (χ0v) is 10.9. The molecule has 2 N–H and O–H groups in total. The highest BCUT2D eigenvalue weighted by Gasteiger charge is 2.20. The zero-order chi connectivity index (χ0) is 12.2. The highest BCUT2D eigenvalue weighted by molar-refractivity contribution is 7.15. The minimum absolute atomic E-state index is 0.0581. The third-order valence-corrected chi connectivity index (χ3v) is 2.69. The van der Waals surface area contributed by atoms with E-state index in [1.54, 1.807) is 0 Å². The Bertz CT molecular complexity index is 356. The summed E-state index contributed by atoms with van der Waals surface area (Å²) in [5, 5.41) is 15.5. The third-order valence-electron chi connectivity index (χ3n) is 1.89. The molecule has 5 nitrogen and oxygen atoms in total. The van der Waals surface area contributed by atoms with Gasteiger partial charge in [0.15, 0.2) is 0 Å². The Labute approximate surface area is 99.7 Å². The zero-order valence-electron chi connectivity index (χ0n) is 10.1. The van der Waals surface area contributed by atoms with Crippen molar-refractivity contribution >= 4 is 22.4 Å². The van der Waals surface area contributed by atoms with Crippen LogP contribution in [0.25, 0.3) is 0 Å². The van der Waals surface area contributed by atoms with Crippen molar-refractivity contribution in [2.24, 2.45) is 5.41 Å². The van der Waals surface area contributed by atoms with Crippen LogP contribution in [0.5, 0.6) is 0 Å². The maximum atomic E-state index is 11.5. The van der Waals surface area contributed by atoms with Crippen LogP contribution in [0.1, 0.15) is 25.8 Å². The molecule has 0 saturated carbocycles. The number of carbonyl (C=O) groups is 1. The number of hydrogen-bond donors (Lipinski definition) is 2. The molecular weight excluding hydrogens is 224 g/mol. The van der Waals surface area contributed by atoms with E-state index < -0.39 is 0 Å². The van der Waals surface area contributed by atoms with Crippen LogP contribution in [-0.4, -0.2) is 29.2 Å². The van der Waals surface area contributed by atoms with Crippen LogP contribution >= 0.6 is 11.3 Å². The number of hydrogen-bond acceptors (Lipinski definition) is 5. The Morgan fingerprint density at radius 2 is 2.00 bits per heavy atom. The molecule has 0 aliphatic rings. The van der Waals surface area contributed by atoms with Gasteiger partial charge in [-0.15, -0.1) is 10.2 Å². The lowest BCUT2D eigenvalue weighted by atomic mass is 9.96. The molecule has 0 spiro atoms. The second-order valence-corrected chi connectivity index (χ2v) is 5.74. The maximum Gasteiger partial charge on any atom is 0.225 e. The van der Waals surface area contributed by atoms with Gasteiger partial charge in [0.2, 0.25) is 11.0 Å². The lowest BCUT2D eigenvalue weighted by Gasteiger charge is -2.17. The molecule has 0 radical (unpaired) electrons. The molecule has 0 bridgehead atoms. The number of amides is 1. The lowest BCUT2D eigenvalue weighted by molar-refractivity contribution is -0.128. The van der Waals surface area contributed by atoms with Crippen LogP contribution in [0.2, 0.25) is 0 Å². The van der Waals surface area contributed by atoms with Gasteiger partial charge in [-0.25, -0.2) is 0 Å². The van der Waals surface area contributed by atoms with Gasteiger partial charge in [-0.1, -0.05) is 32.1 Å². The van der Waals surface area contributed by atoms with E-state index in [0.717, 1.165) is 10.1 Å². The van der Waals surface area contributed by atoms with Gasteiger partial charge in [-0.05, 0) is 6.92 Å². The van der Waals surface area contributed by atoms with Gasteiger partial charge < -0.3 is 10.6 Å². The Kier molecular flexibility index (Phi) is 4.23. The standard InChI is InChI=1S/C10H18N4OS/c1-7-13-14-9(16-7)12-6-5-11-8(15)10(2,3)4/h5-6H2,1-4H3,(H,11,15)(H,12,14). The SMILES string of the molecule is Cc1nnc(NCCNC(=O)C(C)(C)C)s1. The fourth-order valence-electron chi connectivity index (χ4n) is 0.979. The third kappa shape index (κ3) is 4.14. The first-order valence-electron chi connectivity index (χ1n) is 5.22. The fraction of sp³-hybridized carbons (Fsp3) is 0.700. The van der Waals surface area contributed by atoms with Gasteiger partial charge in [-0.3, -0.25) is 4.79 Å². The molecule has 0 unspecified atom stereocenters. The molecule has 6 heteroatoms. The van der Waals surface area contributed by atoms with E-state index in [9.17, 15) is 4.79 Å². The summed E-state index contributed by atoms with van der Waals surface area (Å²) < 4.78 is 0. The number of nitrogens with zero attached hydrogens (tertiary/aromatic N) is 2. The van der Waals surface area contributed by atoms with Crippen molar-refractivity contribution in [3.05, 3.63) is 5.01 Å². The number of aryl methyl sites for hydroxylation is 1. The lowest BCUT2D eigenvalue weighted by Crippen LogP contribution is -2.37. The summed E-state index contributed by atoms with van der Waals surface area (Å²) in [6, 6.07) is 0. The molecule has 0 aromatic carbocycles. The quantitative estimate of drug-likeness (QED) is 0.784. The minimum Gasteiger partial charge on any atom is -0.358 e. The smallest absolute Gasteiger partial charge is 0.225 e. The summed E-state index contributed by atoms with van der Waals surface area (Å²) >= 11 is 1.51. The monoisotopic (exact) mass is 242 g/mol. The van der Waals surface area contributed by atoms with E-state index in [2.05, 4.69) is 20.8 Å². The molecule has 1 amide bonds. The highest BCUT2D eigenvalue weighted by atomic mass is 32.1. The first-order valence-corrected chi connectivity index (χ1v) is 6.03. The molecular formula is C10H18N4OS. The van der Waals surface area contributed by atoms with Crippen LogP contribution < -0.4 is 10.6 Å². The van der Waals surface area contributed by atoms with E-state index in [1.807, 2.05) is 27.7 Å². The second-order valence-electron chi connectivity index (χ2n) is 4.56. The molecule has 1 aromatic heterocycles. The summed E-state index contributed by atoms with van der Waals surface area (Å²) in [7, 11) is 0. The van der Waals surface area contributed by atoms with Gasteiger partial charge >= 0.3 is 0 Å². The van der Waals surface area contributed by atoms with Crippen LogP contribution in [0, 0.1) is 12.3 Å². The summed E-state index contributed by atoms with van der Waals surface area (Å²) in [4.78, 5) is 11.5. The molecule has 0 fully saturated rings. The number of anilines is 1. The van der Waals surface area contributed by atoms with E-state index in [4.69, 9.17) is 0 Å². The molecule has 1 aromatic rings. The molecule has 0 aliphatic heterocycles. The van der Waals surface area contributed by atoms with Crippen LogP contribution in [0.3, 0.4) is 0 Å². The highest BCUT2D eigenvalue weighted by Crippen LogP contribution is 2.13. The molecule has 0 aliphatic carbocycles. The second kappa shape index (κ2) is 5.25. The van der Waals surface area contributed by atoms with Gasteiger partial charge in [-0.2, -0.15) is 0 Å². The van der Waals surface area contributed by atoms with Gasteiger partial charge in [0.05, 0.1) is 0 Å². The maximum absolute atomic E-state index is 11.5. The predicted octanol–water partition coefficient (Wildman–Crippen LogP) is 1.42. The van der Waals surface area contributed by atoms with Crippen molar-refractivity contribution in [3.63, 3.8) is 0 Å². The Balaban J connectivity index is 2.20. The molecule has 90 valence electrons. The fourth-order valence-corrected chi connectivity index (χ4v) is 1.60. The normalized spacial score (nSPS) is 11.2. The number of rotatable bonds is 4. The molecule has 0 atom stereocenters. The van der Waals surface area contributed by atoms with E-state index in [1.165, 1.54) is 11.3 Å². The Hall–Kier alpha value is -1.17. The van der Waals surface area contributed by atoms with Crippen molar-refractivity contribution in [2.75, 3.05) is 18.4 Å². The van der Waals surface area contributed by atoms with Crippen molar-refractivity contribution < 1.29 is 4.79 Å². The average molecular weight is 242 g/mol. The van der Waals surface area contributed by atoms with E-state index in [0.29, 0.717) is 13.1 Å². The summed E-state index contributed by atoms with van der Waals surface area (Å²) in [5.74, 6) is 0.0581. The number of aromatic nitrogens is 2. The van der Waals surface area contributed by atoms with Crippen molar-refractivity contribution in [3.8, 4) is 0 Å². The number of nitrogens with one attached hydrogen (secondary N) is 2.